The van der Waals surface area contributed by atoms with Gasteiger partial charge < -0.3 is 19.5 Å². The fourth-order valence-electron chi connectivity index (χ4n) is 3.65. The largest absolute Gasteiger partial charge is 0.378 e. The summed E-state index contributed by atoms with van der Waals surface area (Å²) in [5.41, 5.74) is 2.42. The number of carbonyl (C=O) groups excluding carboxylic acids is 1. The molecule has 2 aliphatic rings. The second-order valence-electron chi connectivity index (χ2n) is 6.79. The van der Waals surface area contributed by atoms with Gasteiger partial charge in [0.2, 0.25) is 5.78 Å². The number of nitrogens with zero attached hydrogens (tertiary/aromatic N) is 3. The maximum absolute atomic E-state index is 12.9. The Balaban J connectivity index is 1.57. The van der Waals surface area contributed by atoms with Crippen molar-refractivity contribution in [3.63, 3.8) is 0 Å². The number of rotatable bonds is 4. The molecule has 0 radical (unpaired) electrons. The number of fused-ring (bicyclic) bond motifs is 1. The van der Waals surface area contributed by atoms with Crippen molar-refractivity contribution < 1.29 is 9.53 Å². The molecular weight excluding hydrogens is 348 g/mol. The zero-order valence-corrected chi connectivity index (χ0v) is 15.6. The molecule has 1 saturated heterocycles. The van der Waals surface area contributed by atoms with Gasteiger partial charge in [0.15, 0.2) is 5.82 Å². The van der Waals surface area contributed by atoms with Gasteiger partial charge in [-0.3, -0.25) is 4.79 Å². The minimum absolute atomic E-state index is 0.0465. The number of aromatic nitrogens is 2. The monoisotopic (exact) mass is 370 g/mol. The number of anilines is 2. The fourth-order valence-corrected chi connectivity index (χ4v) is 3.85. The summed E-state index contributed by atoms with van der Waals surface area (Å²) in [4.78, 5) is 24.7. The van der Waals surface area contributed by atoms with Crippen molar-refractivity contribution in [1.29, 1.82) is 0 Å². The minimum atomic E-state index is -0.0465. The average molecular weight is 370 g/mol. The third-order valence-corrected chi connectivity index (χ3v) is 5.22. The molecule has 2 aromatic rings. The van der Waals surface area contributed by atoms with Crippen molar-refractivity contribution in [2.24, 2.45) is 0 Å². The van der Waals surface area contributed by atoms with Crippen LogP contribution in [0.4, 0.5) is 11.5 Å². The number of aromatic amines is 1. The first-order valence-corrected chi connectivity index (χ1v) is 9.34. The SMILES string of the molecule is C[C@@H]1Cc2ccccc2N1CC(=O)c1nc(=S)cc(N2CCOCC2)[nH]1. The molecule has 1 fully saturated rings. The Bertz CT molecular complexity index is 876. The first-order valence-electron chi connectivity index (χ1n) is 8.93. The molecule has 0 spiro atoms. The maximum Gasteiger partial charge on any atom is 0.217 e. The van der Waals surface area contributed by atoms with Crippen molar-refractivity contribution in [3.05, 3.63) is 46.4 Å². The minimum Gasteiger partial charge on any atom is -0.378 e. The standard InChI is InChI=1S/C19H22N4O2S/c1-13-10-14-4-2-3-5-15(14)23(13)12-16(24)19-20-17(11-18(26)21-19)22-6-8-25-9-7-22/h2-5,11,13H,6-10,12H2,1H3,(H,20,21,26)/t13-/m1/s1. The molecule has 4 rings (SSSR count). The molecule has 0 saturated carbocycles. The topological polar surface area (TPSA) is 61.5 Å². The van der Waals surface area contributed by atoms with E-state index in [2.05, 4.69) is 38.8 Å². The quantitative estimate of drug-likeness (QED) is 0.659. The first-order chi connectivity index (χ1) is 12.6. The van der Waals surface area contributed by atoms with Crippen LogP contribution in [0.2, 0.25) is 0 Å². The van der Waals surface area contributed by atoms with Gasteiger partial charge in [0.1, 0.15) is 10.5 Å². The van der Waals surface area contributed by atoms with Crippen LogP contribution >= 0.6 is 12.2 Å². The molecule has 0 bridgehead atoms. The van der Waals surface area contributed by atoms with Crippen molar-refractivity contribution in [1.82, 2.24) is 9.97 Å². The number of hydrogen-bond donors (Lipinski definition) is 1. The highest BCUT2D eigenvalue weighted by atomic mass is 32.1. The molecule has 3 heterocycles. The van der Waals surface area contributed by atoms with Crippen LogP contribution in [-0.4, -0.2) is 54.6 Å². The van der Waals surface area contributed by atoms with E-state index in [0.717, 1.165) is 31.0 Å². The molecule has 6 nitrogen and oxygen atoms in total. The van der Waals surface area contributed by atoms with Crippen LogP contribution in [0.25, 0.3) is 0 Å². The van der Waals surface area contributed by atoms with Crippen LogP contribution in [0, 0.1) is 4.64 Å². The number of nitrogens with one attached hydrogen (secondary N) is 1. The van der Waals surface area contributed by atoms with E-state index in [9.17, 15) is 4.79 Å². The van der Waals surface area contributed by atoms with Gasteiger partial charge in [-0.2, -0.15) is 0 Å². The van der Waals surface area contributed by atoms with Gasteiger partial charge in [-0.05, 0) is 25.0 Å². The number of ether oxygens (including phenoxy) is 1. The molecule has 7 heteroatoms. The Morgan fingerprint density at radius 3 is 2.92 bits per heavy atom. The zero-order chi connectivity index (χ0) is 18.1. The third kappa shape index (κ3) is 3.37. The lowest BCUT2D eigenvalue weighted by molar-refractivity contribution is 0.0987. The van der Waals surface area contributed by atoms with Crippen LogP contribution in [-0.2, 0) is 11.2 Å². The Kier molecular flexibility index (Phi) is 4.74. The van der Waals surface area contributed by atoms with Gasteiger partial charge in [0, 0.05) is 30.9 Å². The zero-order valence-electron chi connectivity index (χ0n) is 14.8. The number of para-hydroxylation sites is 1. The van der Waals surface area contributed by atoms with Crippen LogP contribution in [0.5, 0.6) is 0 Å². The molecule has 136 valence electrons. The molecule has 1 aromatic heterocycles. The van der Waals surface area contributed by atoms with Crippen LogP contribution in [0.1, 0.15) is 23.1 Å². The van der Waals surface area contributed by atoms with Crippen LogP contribution in [0.3, 0.4) is 0 Å². The summed E-state index contributed by atoms with van der Waals surface area (Å²) >= 11 is 5.29. The molecular formula is C19H22N4O2S. The number of carbonyl (C=O) groups is 1. The highest BCUT2D eigenvalue weighted by Crippen LogP contribution is 2.31. The Morgan fingerprint density at radius 2 is 2.12 bits per heavy atom. The molecule has 2 aliphatic heterocycles. The Morgan fingerprint density at radius 1 is 1.35 bits per heavy atom. The number of benzene rings is 1. The number of ketones is 1. The second kappa shape index (κ2) is 7.17. The van der Waals surface area contributed by atoms with E-state index in [1.807, 2.05) is 18.2 Å². The molecule has 0 unspecified atom stereocenters. The summed E-state index contributed by atoms with van der Waals surface area (Å²) < 4.78 is 5.83. The van der Waals surface area contributed by atoms with E-state index < -0.39 is 0 Å². The molecule has 0 aliphatic carbocycles. The lowest BCUT2D eigenvalue weighted by Crippen LogP contribution is -2.38. The van der Waals surface area contributed by atoms with Gasteiger partial charge in [-0.15, -0.1) is 0 Å². The van der Waals surface area contributed by atoms with Crippen molar-refractivity contribution in [2.45, 2.75) is 19.4 Å². The third-order valence-electron chi connectivity index (χ3n) is 5.01. The highest BCUT2D eigenvalue weighted by molar-refractivity contribution is 7.71. The summed E-state index contributed by atoms with van der Waals surface area (Å²) in [7, 11) is 0. The van der Waals surface area contributed by atoms with Crippen molar-refractivity contribution in [3.8, 4) is 0 Å². The smallest absolute Gasteiger partial charge is 0.217 e. The molecule has 1 atom stereocenters. The van der Waals surface area contributed by atoms with E-state index >= 15 is 0 Å². The second-order valence-corrected chi connectivity index (χ2v) is 7.20. The van der Waals surface area contributed by atoms with E-state index in [-0.39, 0.29) is 5.78 Å². The number of H-pyrrole nitrogens is 1. The Hall–Kier alpha value is -2.25. The summed E-state index contributed by atoms with van der Waals surface area (Å²) in [5, 5.41) is 0. The van der Waals surface area contributed by atoms with Gasteiger partial charge in [0.25, 0.3) is 0 Å². The van der Waals surface area contributed by atoms with Gasteiger partial charge >= 0.3 is 0 Å². The molecule has 26 heavy (non-hydrogen) atoms. The normalized spacial score (nSPS) is 19.5. The lowest BCUT2D eigenvalue weighted by atomic mass is 10.1. The average Bonchev–Trinajstić information content (AvgIpc) is 2.97. The van der Waals surface area contributed by atoms with E-state index in [0.29, 0.717) is 36.3 Å². The summed E-state index contributed by atoms with van der Waals surface area (Å²) in [5.74, 6) is 1.12. The summed E-state index contributed by atoms with van der Waals surface area (Å²) in [6.45, 7) is 5.34. The predicted octanol–water partition coefficient (Wildman–Crippen LogP) is 2.61. The maximum atomic E-state index is 12.9. The number of Topliss-reactive ketones (excluding diaryl/α,β-unsaturated/α-hetero) is 1. The van der Waals surface area contributed by atoms with E-state index in [1.165, 1.54) is 5.56 Å². The fraction of sp³-hybridized carbons (Fsp3) is 0.421. The van der Waals surface area contributed by atoms with Gasteiger partial charge in [-0.25, -0.2) is 4.98 Å². The van der Waals surface area contributed by atoms with Crippen LogP contribution < -0.4 is 9.80 Å². The highest BCUT2D eigenvalue weighted by Gasteiger charge is 2.28. The number of morpholine rings is 1. The summed E-state index contributed by atoms with van der Waals surface area (Å²) in [6, 6.07) is 10.4. The molecule has 0 amide bonds. The van der Waals surface area contributed by atoms with Gasteiger partial charge in [-0.1, -0.05) is 30.4 Å². The molecule has 1 N–H and O–H groups in total. The van der Waals surface area contributed by atoms with Gasteiger partial charge in [0.05, 0.1) is 19.8 Å². The molecule has 1 aromatic carbocycles. The van der Waals surface area contributed by atoms with Crippen LogP contribution in [0.15, 0.2) is 30.3 Å². The number of hydrogen-bond acceptors (Lipinski definition) is 6. The van der Waals surface area contributed by atoms with Crippen molar-refractivity contribution in [2.75, 3.05) is 42.6 Å². The van der Waals surface area contributed by atoms with Crippen molar-refractivity contribution >= 4 is 29.5 Å². The lowest BCUT2D eigenvalue weighted by Gasteiger charge is -2.28. The Labute approximate surface area is 157 Å². The first kappa shape index (κ1) is 17.2. The predicted molar refractivity (Wildman–Crippen MR) is 104 cm³/mol. The van der Waals surface area contributed by atoms with E-state index in [1.54, 1.807) is 0 Å². The van der Waals surface area contributed by atoms with E-state index in [4.69, 9.17) is 17.0 Å². The summed E-state index contributed by atoms with van der Waals surface area (Å²) in [6.07, 6.45) is 0.959.